The Balaban J connectivity index is 2.13. The van der Waals surface area contributed by atoms with Crippen LogP contribution in [0.5, 0.6) is 5.75 Å². The summed E-state index contributed by atoms with van der Waals surface area (Å²) in [7, 11) is -3.84. The van der Waals surface area contributed by atoms with E-state index in [2.05, 4.69) is 21.4 Å². The molecule has 25 heavy (non-hydrogen) atoms. The smallest absolute Gasteiger partial charge is 0.344 e. The zero-order valence-electron chi connectivity index (χ0n) is 14.6. The Morgan fingerprint density at radius 2 is 2.12 bits per heavy atom. The van der Waals surface area contributed by atoms with Crippen molar-refractivity contribution in [3.05, 3.63) is 23.8 Å². The lowest BCUT2D eigenvalue weighted by Crippen LogP contribution is -2.41. The summed E-state index contributed by atoms with van der Waals surface area (Å²) >= 11 is 0. The Bertz CT molecular complexity index is 787. The first-order valence-corrected chi connectivity index (χ1v) is 9.53. The fraction of sp³-hybridized carbons (Fsp3) is 0.500. The minimum atomic E-state index is -3.84. The van der Waals surface area contributed by atoms with Gasteiger partial charge in [0.1, 0.15) is 12.4 Å². The van der Waals surface area contributed by atoms with Gasteiger partial charge in [-0.3, -0.25) is 9.52 Å². The highest BCUT2D eigenvalue weighted by Gasteiger charge is 2.30. The van der Waals surface area contributed by atoms with Gasteiger partial charge in [-0.15, -0.1) is 4.40 Å². The molecular formula is C16H24N4O4S. The van der Waals surface area contributed by atoms with E-state index in [4.69, 9.17) is 10.5 Å². The predicted molar refractivity (Wildman–Crippen MR) is 96.9 cm³/mol. The summed E-state index contributed by atoms with van der Waals surface area (Å²) in [4.78, 5) is 12.3. The number of anilines is 1. The first-order valence-electron chi connectivity index (χ1n) is 8.09. The summed E-state index contributed by atoms with van der Waals surface area (Å²) in [6, 6.07) is 4.87. The fourth-order valence-electron chi connectivity index (χ4n) is 2.28. The molecule has 0 aromatic heterocycles. The molecule has 4 N–H and O–H groups in total. The summed E-state index contributed by atoms with van der Waals surface area (Å²) in [5.74, 6) is 0.123. The molecule has 0 saturated carbocycles. The van der Waals surface area contributed by atoms with Crippen molar-refractivity contribution in [1.29, 1.82) is 0 Å². The molecule has 0 aliphatic carbocycles. The Hall–Kier alpha value is -2.29. The van der Waals surface area contributed by atoms with Crippen molar-refractivity contribution < 1.29 is 17.9 Å². The third kappa shape index (κ3) is 4.62. The first-order chi connectivity index (χ1) is 11.7. The van der Waals surface area contributed by atoms with Gasteiger partial charge in [-0.1, -0.05) is 19.4 Å². The number of amidine groups is 1. The lowest BCUT2D eigenvalue weighted by Gasteiger charge is -2.25. The number of amides is 1. The molecule has 1 aromatic rings. The monoisotopic (exact) mass is 368 g/mol. The average Bonchev–Trinajstić information content (AvgIpc) is 2.51. The second-order valence-electron chi connectivity index (χ2n) is 6.51. The number of nitrogens with two attached hydrogens (primary N) is 1. The highest BCUT2D eigenvalue weighted by Crippen LogP contribution is 2.31. The van der Waals surface area contributed by atoms with E-state index in [1.165, 1.54) is 0 Å². The SMILES string of the molecule is CCCCNC(=O)C(C)(C)COc1cccc2c1C(N)=NS(=O)(=O)N2. The molecule has 9 heteroatoms. The Labute approximate surface area is 148 Å². The van der Waals surface area contributed by atoms with E-state index in [1.54, 1.807) is 32.0 Å². The van der Waals surface area contributed by atoms with Gasteiger partial charge in [0, 0.05) is 6.54 Å². The number of carbonyl (C=O) groups is 1. The number of benzene rings is 1. The quantitative estimate of drug-likeness (QED) is 0.628. The summed E-state index contributed by atoms with van der Waals surface area (Å²) in [6.07, 6.45) is 1.92. The van der Waals surface area contributed by atoms with Crippen LogP contribution in [0.4, 0.5) is 5.69 Å². The van der Waals surface area contributed by atoms with E-state index in [0.717, 1.165) is 12.8 Å². The molecule has 0 saturated heterocycles. The maximum absolute atomic E-state index is 12.3. The van der Waals surface area contributed by atoms with Crippen molar-refractivity contribution in [1.82, 2.24) is 5.32 Å². The highest BCUT2D eigenvalue weighted by atomic mass is 32.2. The highest BCUT2D eigenvalue weighted by molar-refractivity contribution is 7.91. The summed E-state index contributed by atoms with van der Waals surface area (Å²) < 4.78 is 34.7. The minimum Gasteiger partial charge on any atom is -0.492 e. The van der Waals surface area contributed by atoms with Crippen LogP contribution in [0.1, 0.15) is 39.2 Å². The molecule has 1 aliphatic rings. The third-order valence-corrected chi connectivity index (χ3v) is 4.67. The molecule has 0 spiro atoms. The molecule has 0 radical (unpaired) electrons. The van der Waals surface area contributed by atoms with Gasteiger partial charge in [0.15, 0.2) is 5.84 Å². The lowest BCUT2D eigenvalue weighted by molar-refractivity contribution is -0.130. The van der Waals surface area contributed by atoms with E-state index in [9.17, 15) is 13.2 Å². The number of nitrogens with one attached hydrogen (secondary N) is 2. The molecule has 1 aromatic carbocycles. The van der Waals surface area contributed by atoms with Gasteiger partial charge in [-0.05, 0) is 32.4 Å². The van der Waals surface area contributed by atoms with Crippen molar-refractivity contribution >= 4 is 27.6 Å². The number of unbranched alkanes of at least 4 members (excludes halogenated alkanes) is 1. The van der Waals surface area contributed by atoms with Crippen molar-refractivity contribution in [2.75, 3.05) is 17.9 Å². The maximum Gasteiger partial charge on any atom is 0.344 e. The number of hydrogen-bond donors (Lipinski definition) is 3. The second-order valence-corrected chi connectivity index (χ2v) is 7.85. The maximum atomic E-state index is 12.3. The fourth-order valence-corrected chi connectivity index (χ4v) is 3.12. The summed E-state index contributed by atoms with van der Waals surface area (Å²) in [5.41, 5.74) is 5.70. The Morgan fingerprint density at radius 1 is 1.40 bits per heavy atom. The van der Waals surface area contributed by atoms with Crippen LogP contribution in [-0.4, -0.2) is 33.3 Å². The predicted octanol–water partition coefficient (Wildman–Crippen LogP) is 1.38. The van der Waals surface area contributed by atoms with Gasteiger partial charge in [0.2, 0.25) is 5.91 Å². The van der Waals surface area contributed by atoms with Gasteiger partial charge in [-0.2, -0.15) is 8.42 Å². The average molecular weight is 368 g/mol. The van der Waals surface area contributed by atoms with Crippen LogP contribution >= 0.6 is 0 Å². The topological polar surface area (TPSA) is 123 Å². The number of rotatable bonds is 7. The molecule has 2 rings (SSSR count). The number of carbonyl (C=O) groups excluding carboxylic acids is 1. The molecule has 8 nitrogen and oxygen atoms in total. The van der Waals surface area contributed by atoms with Crippen LogP contribution in [0.25, 0.3) is 0 Å². The Kier molecular flexibility index (Phi) is 5.56. The van der Waals surface area contributed by atoms with Gasteiger partial charge >= 0.3 is 10.2 Å². The van der Waals surface area contributed by atoms with Crippen LogP contribution in [-0.2, 0) is 15.0 Å². The van der Waals surface area contributed by atoms with Gasteiger partial charge in [0.05, 0.1) is 16.7 Å². The van der Waals surface area contributed by atoms with Crippen LogP contribution in [0.15, 0.2) is 22.6 Å². The molecular weight excluding hydrogens is 344 g/mol. The third-order valence-electron chi connectivity index (χ3n) is 3.76. The van der Waals surface area contributed by atoms with Crippen molar-refractivity contribution in [2.45, 2.75) is 33.6 Å². The standard InChI is InChI=1S/C16H24N4O4S/c1-4-5-9-18-15(21)16(2,3)10-24-12-8-6-7-11-13(12)14(17)20-25(22,23)19-11/h6-8,19H,4-5,9-10H2,1-3H3,(H2,17,20)(H,18,21). The van der Waals surface area contributed by atoms with Crippen LogP contribution in [0, 0.1) is 5.41 Å². The van der Waals surface area contributed by atoms with Gasteiger partial charge < -0.3 is 15.8 Å². The van der Waals surface area contributed by atoms with E-state index in [0.29, 0.717) is 23.5 Å². The number of nitrogens with zero attached hydrogens (tertiary/aromatic N) is 1. The summed E-state index contributed by atoms with van der Waals surface area (Å²) in [5, 5.41) is 2.88. The minimum absolute atomic E-state index is 0.104. The second kappa shape index (κ2) is 7.30. The molecule has 1 heterocycles. The molecule has 1 amide bonds. The van der Waals surface area contributed by atoms with E-state index in [1.807, 2.05) is 0 Å². The number of ether oxygens (including phenoxy) is 1. The number of fused-ring (bicyclic) bond motifs is 1. The van der Waals surface area contributed by atoms with Crippen molar-refractivity contribution in [2.24, 2.45) is 15.5 Å². The van der Waals surface area contributed by atoms with E-state index in [-0.39, 0.29) is 18.3 Å². The summed E-state index contributed by atoms with van der Waals surface area (Å²) in [6.45, 7) is 6.36. The van der Waals surface area contributed by atoms with E-state index < -0.39 is 15.6 Å². The molecule has 0 atom stereocenters. The largest absolute Gasteiger partial charge is 0.492 e. The Morgan fingerprint density at radius 3 is 2.80 bits per heavy atom. The molecule has 138 valence electrons. The molecule has 0 unspecified atom stereocenters. The zero-order valence-corrected chi connectivity index (χ0v) is 15.4. The molecule has 0 fully saturated rings. The molecule has 1 aliphatic heterocycles. The van der Waals surface area contributed by atoms with Crippen molar-refractivity contribution in [3.8, 4) is 5.75 Å². The number of hydrogen-bond acceptors (Lipinski definition) is 5. The van der Waals surface area contributed by atoms with E-state index >= 15 is 0 Å². The lowest BCUT2D eigenvalue weighted by atomic mass is 9.93. The van der Waals surface area contributed by atoms with Crippen LogP contribution in [0.2, 0.25) is 0 Å². The zero-order chi connectivity index (χ0) is 18.7. The van der Waals surface area contributed by atoms with Gasteiger partial charge in [0.25, 0.3) is 0 Å². The molecule has 0 bridgehead atoms. The van der Waals surface area contributed by atoms with Crippen LogP contribution < -0.4 is 20.5 Å². The van der Waals surface area contributed by atoms with Gasteiger partial charge in [-0.25, -0.2) is 0 Å². The van der Waals surface area contributed by atoms with Crippen molar-refractivity contribution in [3.63, 3.8) is 0 Å². The normalized spacial score (nSPS) is 15.6. The first kappa shape index (κ1) is 19.0. The van der Waals surface area contributed by atoms with Crippen LogP contribution in [0.3, 0.4) is 0 Å².